The number of hydrogen-bond acceptors (Lipinski definition) is 1. The first-order valence-electron chi connectivity index (χ1n) is 8.03. The average Bonchev–Trinajstić information content (AvgIpc) is 2.25. The van der Waals surface area contributed by atoms with E-state index >= 15 is 0 Å². The van der Waals surface area contributed by atoms with Crippen LogP contribution in [-0.2, 0) is 0 Å². The van der Waals surface area contributed by atoms with Gasteiger partial charge in [-0.3, -0.25) is 0 Å². The second-order valence-corrected chi connectivity index (χ2v) is 8.53. The van der Waals surface area contributed by atoms with Gasteiger partial charge in [-0.25, -0.2) is 0 Å². The van der Waals surface area contributed by atoms with Crippen LogP contribution < -0.4 is 5.32 Å². The van der Waals surface area contributed by atoms with E-state index in [1.54, 1.807) is 0 Å². The van der Waals surface area contributed by atoms with Gasteiger partial charge < -0.3 is 5.32 Å². The third-order valence-electron chi connectivity index (χ3n) is 4.50. The highest BCUT2D eigenvalue weighted by Crippen LogP contribution is 2.46. The minimum Gasteiger partial charge on any atom is -0.382 e. The van der Waals surface area contributed by atoms with Gasteiger partial charge in [-0.05, 0) is 53.7 Å². The molecule has 1 nitrogen and oxygen atoms in total. The molecule has 1 aliphatic carbocycles. The highest BCUT2D eigenvalue weighted by Gasteiger charge is 2.38. The van der Waals surface area contributed by atoms with Crippen molar-refractivity contribution in [3.8, 4) is 0 Å². The van der Waals surface area contributed by atoms with Gasteiger partial charge in [0.2, 0.25) is 0 Å². The van der Waals surface area contributed by atoms with Crippen LogP contribution in [0.15, 0.2) is 24.3 Å². The van der Waals surface area contributed by atoms with Crippen molar-refractivity contribution in [2.45, 2.75) is 72.8 Å². The van der Waals surface area contributed by atoms with E-state index in [2.05, 4.69) is 71.1 Å². The maximum absolute atomic E-state index is 3.76. The molecule has 0 heterocycles. The lowest BCUT2D eigenvalue weighted by Crippen LogP contribution is -2.40. The third-order valence-corrected chi connectivity index (χ3v) is 4.50. The molecule has 112 valence electrons. The Labute approximate surface area is 125 Å². The van der Waals surface area contributed by atoms with Crippen LogP contribution in [0.2, 0.25) is 0 Å². The standard InChI is InChI=1S/C19H31N/c1-14(2)15-7-9-16(10-8-15)20-17-11-18(3,4)13-19(5,6)12-17/h7-10,14,17,20H,11-13H2,1-6H3. The molecule has 0 aromatic heterocycles. The molecule has 0 radical (unpaired) electrons. The molecular weight excluding hydrogens is 242 g/mol. The minimum absolute atomic E-state index is 0.442. The van der Waals surface area contributed by atoms with Crippen LogP contribution in [0.5, 0.6) is 0 Å². The molecular formula is C19H31N. The van der Waals surface area contributed by atoms with Crippen molar-refractivity contribution in [3.05, 3.63) is 29.8 Å². The molecule has 0 unspecified atom stereocenters. The highest BCUT2D eigenvalue weighted by atomic mass is 14.9. The van der Waals surface area contributed by atoms with Gasteiger partial charge in [-0.2, -0.15) is 0 Å². The Morgan fingerprint density at radius 2 is 1.45 bits per heavy atom. The van der Waals surface area contributed by atoms with Crippen molar-refractivity contribution in [1.82, 2.24) is 0 Å². The molecule has 1 heteroatoms. The molecule has 0 atom stereocenters. The van der Waals surface area contributed by atoms with E-state index in [1.165, 1.54) is 30.5 Å². The Balaban J connectivity index is 2.05. The molecule has 1 N–H and O–H groups in total. The summed E-state index contributed by atoms with van der Waals surface area (Å²) >= 11 is 0. The lowest BCUT2D eigenvalue weighted by molar-refractivity contribution is 0.105. The van der Waals surface area contributed by atoms with Crippen LogP contribution in [0.25, 0.3) is 0 Å². The smallest absolute Gasteiger partial charge is 0.0342 e. The van der Waals surface area contributed by atoms with Crippen LogP contribution in [-0.4, -0.2) is 6.04 Å². The van der Waals surface area contributed by atoms with E-state index in [0.29, 0.717) is 22.8 Å². The SMILES string of the molecule is CC(C)c1ccc(NC2CC(C)(C)CC(C)(C)C2)cc1. The second-order valence-electron chi connectivity index (χ2n) is 8.53. The van der Waals surface area contributed by atoms with Crippen molar-refractivity contribution in [1.29, 1.82) is 0 Å². The fourth-order valence-corrected chi connectivity index (χ4v) is 4.15. The maximum atomic E-state index is 3.76. The number of anilines is 1. The molecule has 0 amide bonds. The van der Waals surface area contributed by atoms with Gasteiger partial charge in [0, 0.05) is 11.7 Å². The predicted molar refractivity (Wildman–Crippen MR) is 89.4 cm³/mol. The van der Waals surface area contributed by atoms with Crippen LogP contribution in [0.1, 0.15) is 72.3 Å². The summed E-state index contributed by atoms with van der Waals surface area (Å²) in [6.07, 6.45) is 3.86. The van der Waals surface area contributed by atoms with Crippen LogP contribution in [0.4, 0.5) is 5.69 Å². The second kappa shape index (κ2) is 5.42. The summed E-state index contributed by atoms with van der Waals surface area (Å²) in [5, 5.41) is 3.76. The molecule has 20 heavy (non-hydrogen) atoms. The Morgan fingerprint density at radius 1 is 0.950 bits per heavy atom. The lowest BCUT2D eigenvalue weighted by atomic mass is 9.63. The zero-order valence-corrected chi connectivity index (χ0v) is 14.1. The fourth-order valence-electron chi connectivity index (χ4n) is 4.15. The topological polar surface area (TPSA) is 12.0 Å². The molecule has 0 aliphatic heterocycles. The molecule has 1 aromatic carbocycles. The summed E-state index contributed by atoms with van der Waals surface area (Å²) in [7, 11) is 0. The zero-order chi connectivity index (χ0) is 15.0. The maximum Gasteiger partial charge on any atom is 0.0342 e. The van der Waals surface area contributed by atoms with Gasteiger partial charge in [0.05, 0.1) is 0 Å². The number of rotatable bonds is 3. The van der Waals surface area contributed by atoms with Gasteiger partial charge in [-0.15, -0.1) is 0 Å². The molecule has 2 rings (SSSR count). The summed E-state index contributed by atoms with van der Waals surface area (Å²) in [6.45, 7) is 14.1. The quantitative estimate of drug-likeness (QED) is 0.731. The minimum atomic E-state index is 0.442. The zero-order valence-electron chi connectivity index (χ0n) is 14.1. The van der Waals surface area contributed by atoms with Gasteiger partial charge in [0.1, 0.15) is 0 Å². The van der Waals surface area contributed by atoms with Crippen LogP contribution >= 0.6 is 0 Å². The monoisotopic (exact) mass is 273 g/mol. The largest absolute Gasteiger partial charge is 0.382 e. The highest BCUT2D eigenvalue weighted by molar-refractivity contribution is 5.46. The predicted octanol–water partition coefficient (Wildman–Crippen LogP) is 5.83. The summed E-state index contributed by atoms with van der Waals surface area (Å²) in [6, 6.07) is 9.59. The Bertz CT molecular complexity index is 423. The molecule has 1 saturated carbocycles. The van der Waals surface area contributed by atoms with E-state index in [-0.39, 0.29) is 0 Å². The van der Waals surface area contributed by atoms with Crippen molar-refractivity contribution in [2.24, 2.45) is 10.8 Å². The van der Waals surface area contributed by atoms with Gasteiger partial charge >= 0.3 is 0 Å². The lowest BCUT2D eigenvalue weighted by Gasteiger charge is -2.45. The first-order valence-corrected chi connectivity index (χ1v) is 8.03. The van der Waals surface area contributed by atoms with Gasteiger partial charge in [-0.1, -0.05) is 53.7 Å². The van der Waals surface area contributed by atoms with Crippen molar-refractivity contribution in [2.75, 3.05) is 5.32 Å². The number of benzene rings is 1. The van der Waals surface area contributed by atoms with Gasteiger partial charge in [0.25, 0.3) is 0 Å². The van der Waals surface area contributed by atoms with Crippen molar-refractivity contribution < 1.29 is 0 Å². The molecule has 0 saturated heterocycles. The first kappa shape index (κ1) is 15.4. The fraction of sp³-hybridized carbons (Fsp3) is 0.684. The number of nitrogens with one attached hydrogen (secondary N) is 1. The average molecular weight is 273 g/mol. The van der Waals surface area contributed by atoms with E-state index in [0.717, 1.165) is 0 Å². The first-order chi connectivity index (χ1) is 9.17. The van der Waals surface area contributed by atoms with E-state index < -0.39 is 0 Å². The normalized spacial score (nSPS) is 21.9. The van der Waals surface area contributed by atoms with E-state index in [4.69, 9.17) is 0 Å². The van der Waals surface area contributed by atoms with Crippen LogP contribution in [0, 0.1) is 10.8 Å². The van der Waals surface area contributed by atoms with Crippen molar-refractivity contribution in [3.63, 3.8) is 0 Å². The summed E-state index contributed by atoms with van der Waals surface area (Å²) < 4.78 is 0. The van der Waals surface area contributed by atoms with E-state index in [9.17, 15) is 0 Å². The van der Waals surface area contributed by atoms with E-state index in [1.807, 2.05) is 0 Å². The van der Waals surface area contributed by atoms with Gasteiger partial charge in [0.15, 0.2) is 0 Å². The molecule has 0 spiro atoms. The molecule has 0 bridgehead atoms. The number of hydrogen-bond donors (Lipinski definition) is 1. The Kier molecular flexibility index (Phi) is 4.18. The Hall–Kier alpha value is -0.980. The summed E-state index contributed by atoms with van der Waals surface area (Å²) in [5.41, 5.74) is 3.57. The summed E-state index contributed by atoms with van der Waals surface area (Å²) in [5.74, 6) is 0.608. The van der Waals surface area contributed by atoms with Crippen LogP contribution in [0.3, 0.4) is 0 Å². The Morgan fingerprint density at radius 3 is 1.90 bits per heavy atom. The molecule has 1 fully saturated rings. The molecule has 1 aliphatic rings. The summed E-state index contributed by atoms with van der Waals surface area (Å²) in [4.78, 5) is 0. The third kappa shape index (κ3) is 4.01. The molecule has 1 aromatic rings. The van der Waals surface area contributed by atoms with Crippen molar-refractivity contribution >= 4 is 5.69 Å².